The first-order valence-electron chi connectivity index (χ1n) is 6.64. The summed E-state index contributed by atoms with van der Waals surface area (Å²) in [5.41, 5.74) is 9.60. The molecule has 1 unspecified atom stereocenters. The maximum atomic E-state index is 5.64. The van der Waals surface area contributed by atoms with Gasteiger partial charge in [0.1, 0.15) is 0 Å². The second-order valence-corrected chi connectivity index (χ2v) is 4.94. The van der Waals surface area contributed by atoms with Gasteiger partial charge in [0, 0.05) is 0 Å². The van der Waals surface area contributed by atoms with Crippen LogP contribution in [0.5, 0.6) is 0 Å². The van der Waals surface area contributed by atoms with Crippen LogP contribution in [0.15, 0.2) is 54.6 Å². The van der Waals surface area contributed by atoms with Crippen molar-refractivity contribution in [2.75, 3.05) is 6.54 Å². The zero-order valence-corrected chi connectivity index (χ0v) is 11.0. The number of hydrogen-bond donors (Lipinski definition) is 1. The Morgan fingerprint density at radius 2 is 1.50 bits per heavy atom. The summed E-state index contributed by atoms with van der Waals surface area (Å²) in [7, 11) is 0. The van der Waals surface area contributed by atoms with Crippen LogP contribution < -0.4 is 5.73 Å². The number of hydrogen-bond acceptors (Lipinski definition) is 1. The summed E-state index contributed by atoms with van der Waals surface area (Å²) < 4.78 is 0. The van der Waals surface area contributed by atoms with Crippen molar-refractivity contribution >= 4 is 0 Å². The molecule has 18 heavy (non-hydrogen) atoms. The molecule has 2 aromatic carbocycles. The standard InChI is InChI=1S/C17H21N/c1-14(13-18)7-8-15-9-11-17(12-10-15)16-5-3-2-4-6-16/h2-6,9-12,14H,7-8,13,18H2,1H3. The van der Waals surface area contributed by atoms with Crippen LogP contribution in [0, 0.1) is 5.92 Å². The Kier molecular flexibility index (Phi) is 4.54. The predicted octanol–water partition coefficient (Wildman–Crippen LogP) is 3.88. The smallest absolute Gasteiger partial charge is 0.00514 e. The first-order valence-corrected chi connectivity index (χ1v) is 6.64. The zero-order valence-electron chi connectivity index (χ0n) is 11.0. The number of benzene rings is 2. The predicted molar refractivity (Wildman–Crippen MR) is 78.4 cm³/mol. The van der Waals surface area contributed by atoms with E-state index in [0.29, 0.717) is 5.92 Å². The molecule has 0 amide bonds. The molecule has 2 N–H and O–H groups in total. The van der Waals surface area contributed by atoms with Crippen LogP contribution in [0.3, 0.4) is 0 Å². The van der Waals surface area contributed by atoms with Crippen LogP contribution >= 0.6 is 0 Å². The highest BCUT2D eigenvalue weighted by atomic mass is 14.5. The molecule has 0 fully saturated rings. The van der Waals surface area contributed by atoms with Crippen molar-refractivity contribution in [2.24, 2.45) is 11.7 Å². The molecular formula is C17H21N. The van der Waals surface area contributed by atoms with Crippen LogP contribution in [0.4, 0.5) is 0 Å². The van der Waals surface area contributed by atoms with Crippen LogP contribution in [0.1, 0.15) is 18.9 Å². The van der Waals surface area contributed by atoms with Crippen molar-refractivity contribution in [3.05, 3.63) is 60.2 Å². The average Bonchev–Trinajstić information content (AvgIpc) is 2.46. The van der Waals surface area contributed by atoms with Crippen molar-refractivity contribution in [1.29, 1.82) is 0 Å². The Morgan fingerprint density at radius 1 is 0.889 bits per heavy atom. The van der Waals surface area contributed by atoms with Crippen molar-refractivity contribution in [3.63, 3.8) is 0 Å². The summed E-state index contributed by atoms with van der Waals surface area (Å²) in [6, 6.07) is 19.4. The molecule has 0 bridgehead atoms. The maximum Gasteiger partial charge on any atom is -0.00514 e. The Morgan fingerprint density at radius 3 is 2.11 bits per heavy atom. The summed E-state index contributed by atoms with van der Waals surface area (Å²) in [6.07, 6.45) is 2.29. The van der Waals surface area contributed by atoms with Crippen LogP contribution in [-0.2, 0) is 6.42 Å². The van der Waals surface area contributed by atoms with Gasteiger partial charge >= 0.3 is 0 Å². The lowest BCUT2D eigenvalue weighted by molar-refractivity contribution is 0.545. The molecule has 0 heterocycles. The highest BCUT2D eigenvalue weighted by Gasteiger charge is 2.01. The monoisotopic (exact) mass is 239 g/mol. The second kappa shape index (κ2) is 6.36. The molecule has 2 aromatic rings. The zero-order chi connectivity index (χ0) is 12.8. The molecule has 1 atom stereocenters. The van der Waals surface area contributed by atoms with Crippen molar-refractivity contribution < 1.29 is 0 Å². The van der Waals surface area contributed by atoms with E-state index in [9.17, 15) is 0 Å². The summed E-state index contributed by atoms with van der Waals surface area (Å²) in [5, 5.41) is 0. The number of nitrogens with two attached hydrogens (primary N) is 1. The first-order chi connectivity index (χ1) is 8.79. The van der Waals surface area contributed by atoms with Crippen molar-refractivity contribution in [3.8, 4) is 11.1 Å². The van der Waals surface area contributed by atoms with Crippen molar-refractivity contribution in [1.82, 2.24) is 0 Å². The van der Waals surface area contributed by atoms with Crippen molar-refractivity contribution in [2.45, 2.75) is 19.8 Å². The van der Waals surface area contributed by atoms with E-state index >= 15 is 0 Å². The topological polar surface area (TPSA) is 26.0 Å². The maximum absolute atomic E-state index is 5.64. The Labute approximate surface area is 110 Å². The first kappa shape index (κ1) is 12.8. The van der Waals surface area contributed by atoms with E-state index < -0.39 is 0 Å². The molecule has 0 aliphatic carbocycles. The molecule has 1 heteroatoms. The molecule has 0 aromatic heterocycles. The summed E-state index contributed by atoms with van der Waals surface area (Å²) in [6.45, 7) is 2.99. The summed E-state index contributed by atoms with van der Waals surface area (Å²) in [5.74, 6) is 0.610. The lowest BCUT2D eigenvalue weighted by Gasteiger charge is -2.08. The van der Waals surface area contributed by atoms with Gasteiger partial charge in [-0.1, -0.05) is 61.5 Å². The van der Waals surface area contributed by atoms with Gasteiger partial charge in [0.05, 0.1) is 0 Å². The second-order valence-electron chi connectivity index (χ2n) is 4.94. The third-order valence-electron chi connectivity index (χ3n) is 3.39. The van der Waals surface area contributed by atoms with Crippen LogP contribution in [0.2, 0.25) is 0 Å². The van der Waals surface area contributed by atoms with E-state index in [1.165, 1.54) is 23.1 Å². The van der Waals surface area contributed by atoms with Gasteiger partial charge in [0.2, 0.25) is 0 Å². The number of aryl methyl sites for hydroxylation is 1. The molecule has 94 valence electrons. The van der Waals surface area contributed by atoms with E-state index in [-0.39, 0.29) is 0 Å². The fourth-order valence-corrected chi connectivity index (χ4v) is 2.03. The quantitative estimate of drug-likeness (QED) is 0.842. The highest BCUT2D eigenvalue weighted by molar-refractivity contribution is 5.63. The SMILES string of the molecule is CC(CN)CCc1ccc(-c2ccccc2)cc1. The van der Waals surface area contributed by atoms with Gasteiger partial charge in [-0.15, -0.1) is 0 Å². The molecule has 2 rings (SSSR count). The fourth-order valence-electron chi connectivity index (χ4n) is 2.03. The van der Waals surface area contributed by atoms with E-state index in [0.717, 1.165) is 13.0 Å². The molecule has 0 spiro atoms. The van der Waals surface area contributed by atoms with Gasteiger partial charge in [0.25, 0.3) is 0 Å². The average molecular weight is 239 g/mol. The van der Waals surface area contributed by atoms with Crippen LogP contribution in [-0.4, -0.2) is 6.54 Å². The molecule has 0 aliphatic rings. The molecule has 0 radical (unpaired) electrons. The summed E-state index contributed by atoms with van der Waals surface area (Å²) in [4.78, 5) is 0. The van der Waals surface area contributed by atoms with E-state index in [2.05, 4.69) is 55.5 Å². The third kappa shape index (κ3) is 3.44. The van der Waals surface area contributed by atoms with Gasteiger partial charge in [-0.05, 0) is 42.0 Å². The minimum absolute atomic E-state index is 0.610. The number of rotatable bonds is 5. The molecule has 0 aliphatic heterocycles. The lowest BCUT2D eigenvalue weighted by atomic mass is 9.99. The van der Waals surface area contributed by atoms with E-state index in [1.807, 2.05) is 6.07 Å². The van der Waals surface area contributed by atoms with E-state index in [4.69, 9.17) is 5.73 Å². The van der Waals surface area contributed by atoms with Gasteiger partial charge in [-0.3, -0.25) is 0 Å². The van der Waals surface area contributed by atoms with Crippen LogP contribution in [0.25, 0.3) is 11.1 Å². The minimum atomic E-state index is 0.610. The highest BCUT2D eigenvalue weighted by Crippen LogP contribution is 2.20. The molecule has 0 saturated heterocycles. The van der Waals surface area contributed by atoms with Gasteiger partial charge in [0.15, 0.2) is 0 Å². The van der Waals surface area contributed by atoms with E-state index in [1.54, 1.807) is 0 Å². The lowest BCUT2D eigenvalue weighted by Crippen LogP contribution is -2.11. The molecular weight excluding hydrogens is 218 g/mol. The minimum Gasteiger partial charge on any atom is -0.330 e. The Balaban J connectivity index is 2.02. The van der Waals surface area contributed by atoms with Gasteiger partial charge in [-0.25, -0.2) is 0 Å². The third-order valence-corrected chi connectivity index (χ3v) is 3.39. The molecule has 0 saturated carbocycles. The Hall–Kier alpha value is -1.60. The fraction of sp³-hybridized carbons (Fsp3) is 0.294. The normalized spacial score (nSPS) is 12.3. The summed E-state index contributed by atoms with van der Waals surface area (Å²) >= 11 is 0. The Bertz CT molecular complexity index is 459. The largest absolute Gasteiger partial charge is 0.330 e. The van der Waals surface area contributed by atoms with Gasteiger partial charge in [-0.2, -0.15) is 0 Å². The molecule has 1 nitrogen and oxygen atoms in total. The van der Waals surface area contributed by atoms with Gasteiger partial charge < -0.3 is 5.73 Å².